The molecule has 1 rings (SSSR count). The van der Waals surface area contributed by atoms with Gasteiger partial charge in [0.1, 0.15) is 12.4 Å². The van der Waals surface area contributed by atoms with Gasteiger partial charge in [-0.2, -0.15) is 0 Å². The minimum Gasteiger partial charge on any atom is -0.491 e. The van der Waals surface area contributed by atoms with Crippen molar-refractivity contribution in [1.82, 2.24) is 0 Å². The van der Waals surface area contributed by atoms with E-state index in [2.05, 4.69) is 5.32 Å². The van der Waals surface area contributed by atoms with Gasteiger partial charge in [-0.3, -0.25) is 4.79 Å². The minimum absolute atomic E-state index is 0.000267. The fourth-order valence-electron chi connectivity index (χ4n) is 1.26. The summed E-state index contributed by atoms with van der Waals surface area (Å²) in [7, 11) is 1.46. The number of carbonyl (C=O) groups is 1. The first-order valence-corrected chi connectivity index (χ1v) is 5.76. The summed E-state index contributed by atoms with van der Waals surface area (Å²) in [5.74, 6) is 0.372. The van der Waals surface area contributed by atoms with Crippen LogP contribution in [0.3, 0.4) is 0 Å². The molecule has 0 saturated carbocycles. The number of methoxy groups -OCH3 is 1. The van der Waals surface area contributed by atoms with Crippen LogP contribution in [0, 0.1) is 0 Å². The third-order valence-electron chi connectivity index (χ3n) is 1.95. The van der Waals surface area contributed by atoms with Gasteiger partial charge < -0.3 is 14.8 Å². The highest BCUT2D eigenvalue weighted by molar-refractivity contribution is 6.31. The van der Waals surface area contributed by atoms with Gasteiger partial charge in [-0.25, -0.2) is 0 Å². The monoisotopic (exact) mass is 257 g/mol. The lowest BCUT2D eigenvalue weighted by atomic mass is 10.3. The average Bonchev–Trinajstić information content (AvgIpc) is 2.28. The van der Waals surface area contributed by atoms with Crippen LogP contribution in [0.1, 0.15) is 13.3 Å². The quantitative estimate of drug-likeness (QED) is 0.852. The molecule has 0 aliphatic rings. The van der Waals surface area contributed by atoms with Gasteiger partial charge in [-0.15, -0.1) is 0 Å². The summed E-state index contributed by atoms with van der Waals surface area (Å²) in [4.78, 5) is 11.4. The molecule has 0 aromatic heterocycles. The number of halogens is 1. The van der Waals surface area contributed by atoms with Crippen molar-refractivity contribution in [1.29, 1.82) is 0 Å². The molecule has 0 saturated heterocycles. The molecule has 5 heteroatoms. The van der Waals surface area contributed by atoms with Crippen molar-refractivity contribution < 1.29 is 14.3 Å². The Morgan fingerprint density at radius 2 is 2.24 bits per heavy atom. The highest BCUT2D eigenvalue weighted by Gasteiger charge is 2.08. The van der Waals surface area contributed by atoms with Crippen molar-refractivity contribution in [2.75, 3.05) is 25.6 Å². The molecule has 1 N–H and O–H groups in total. The number of nitrogens with one attached hydrogen (secondary N) is 1. The lowest BCUT2D eigenvalue weighted by Gasteiger charge is -2.12. The van der Waals surface area contributed by atoms with Crippen molar-refractivity contribution in [2.45, 2.75) is 13.3 Å². The molecule has 1 aromatic carbocycles. The first-order valence-electron chi connectivity index (χ1n) is 5.38. The van der Waals surface area contributed by atoms with Crippen LogP contribution in [0.5, 0.6) is 5.75 Å². The number of ether oxygens (including phenoxy) is 2. The number of amides is 1. The third-order valence-corrected chi connectivity index (χ3v) is 2.19. The maximum absolute atomic E-state index is 11.4. The molecule has 1 aromatic rings. The number of anilines is 1. The summed E-state index contributed by atoms with van der Waals surface area (Å²) in [5, 5.41) is 3.23. The van der Waals surface area contributed by atoms with E-state index in [1.807, 2.05) is 6.92 Å². The molecular formula is C12H16ClNO3. The van der Waals surface area contributed by atoms with Crippen LogP contribution >= 0.6 is 11.6 Å². The molecule has 1 amide bonds. The van der Waals surface area contributed by atoms with Crippen LogP contribution in [-0.2, 0) is 9.53 Å². The van der Waals surface area contributed by atoms with Gasteiger partial charge in [0.2, 0.25) is 5.91 Å². The van der Waals surface area contributed by atoms with Crippen molar-refractivity contribution >= 4 is 23.2 Å². The fourth-order valence-corrected chi connectivity index (χ4v) is 1.43. The molecule has 0 heterocycles. The first kappa shape index (κ1) is 13.8. The molecule has 0 unspecified atom stereocenters. The molecular weight excluding hydrogens is 242 g/mol. The summed E-state index contributed by atoms with van der Waals surface area (Å²) in [5.41, 5.74) is 0.563. The summed E-state index contributed by atoms with van der Waals surface area (Å²) in [6.45, 7) is 2.60. The van der Waals surface area contributed by atoms with Crippen LogP contribution < -0.4 is 10.1 Å². The highest BCUT2D eigenvalue weighted by atomic mass is 35.5. The van der Waals surface area contributed by atoms with Gasteiger partial charge in [0, 0.05) is 12.1 Å². The largest absolute Gasteiger partial charge is 0.491 e. The Hall–Kier alpha value is -1.26. The second-order valence-electron chi connectivity index (χ2n) is 3.47. The minimum atomic E-state index is -0.240. The summed E-state index contributed by atoms with van der Waals surface area (Å²) >= 11 is 5.87. The summed E-state index contributed by atoms with van der Waals surface area (Å²) in [6.07, 6.45) is 0.897. The molecule has 94 valence electrons. The van der Waals surface area contributed by atoms with Crippen molar-refractivity contribution in [3.05, 3.63) is 23.2 Å². The standard InChI is InChI=1S/C12H16ClNO3/c1-3-6-17-11-5-4-9(13)7-10(11)14-12(15)8-16-2/h4-5,7H,3,6,8H2,1-2H3,(H,14,15). The highest BCUT2D eigenvalue weighted by Crippen LogP contribution is 2.28. The molecule has 0 bridgehead atoms. The van der Waals surface area contributed by atoms with Gasteiger partial charge in [-0.05, 0) is 24.6 Å². The van der Waals surface area contributed by atoms with E-state index >= 15 is 0 Å². The maximum Gasteiger partial charge on any atom is 0.250 e. The molecule has 0 fully saturated rings. The van der Waals surface area contributed by atoms with Gasteiger partial charge in [0.15, 0.2) is 0 Å². The predicted molar refractivity (Wildman–Crippen MR) is 67.7 cm³/mol. The van der Waals surface area contributed by atoms with Gasteiger partial charge in [0.05, 0.1) is 12.3 Å². The second-order valence-corrected chi connectivity index (χ2v) is 3.91. The maximum atomic E-state index is 11.4. The number of hydrogen-bond acceptors (Lipinski definition) is 3. The zero-order valence-corrected chi connectivity index (χ0v) is 10.7. The Labute approximate surface area is 106 Å². The Kier molecular flexibility index (Phi) is 5.80. The fraction of sp³-hybridized carbons (Fsp3) is 0.417. The smallest absolute Gasteiger partial charge is 0.250 e. The van der Waals surface area contributed by atoms with E-state index in [-0.39, 0.29) is 12.5 Å². The first-order chi connectivity index (χ1) is 8.17. The van der Waals surface area contributed by atoms with Crippen LogP contribution in [0.15, 0.2) is 18.2 Å². The average molecular weight is 258 g/mol. The van der Waals surface area contributed by atoms with Crippen molar-refractivity contribution in [3.8, 4) is 5.75 Å². The molecule has 0 radical (unpaired) electrons. The molecule has 0 aliphatic heterocycles. The van der Waals surface area contributed by atoms with Crippen molar-refractivity contribution in [2.24, 2.45) is 0 Å². The van der Waals surface area contributed by atoms with Crippen LogP contribution in [0.25, 0.3) is 0 Å². The van der Waals surface area contributed by atoms with Gasteiger partial charge >= 0.3 is 0 Å². The summed E-state index contributed by atoms with van der Waals surface area (Å²) < 4.78 is 10.2. The summed E-state index contributed by atoms with van der Waals surface area (Å²) in [6, 6.07) is 5.11. The van der Waals surface area contributed by atoms with Crippen molar-refractivity contribution in [3.63, 3.8) is 0 Å². The molecule has 0 spiro atoms. The lowest BCUT2D eigenvalue weighted by molar-refractivity contribution is -0.119. The zero-order chi connectivity index (χ0) is 12.7. The number of rotatable bonds is 6. The van der Waals surface area contributed by atoms with E-state index < -0.39 is 0 Å². The van der Waals surface area contributed by atoms with Gasteiger partial charge in [0.25, 0.3) is 0 Å². The SMILES string of the molecule is CCCOc1ccc(Cl)cc1NC(=O)COC. The van der Waals surface area contributed by atoms with E-state index in [1.54, 1.807) is 18.2 Å². The lowest BCUT2D eigenvalue weighted by Crippen LogP contribution is -2.17. The van der Waals surface area contributed by atoms with Crippen LogP contribution in [-0.4, -0.2) is 26.2 Å². The number of carbonyl (C=O) groups excluding carboxylic acids is 1. The Morgan fingerprint density at radius 1 is 1.47 bits per heavy atom. The topological polar surface area (TPSA) is 47.6 Å². The van der Waals surface area contributed by atoms with Crippen LogP contribution in [0.2, 0.25) is 5.02 Å². The molecule has 4 nitrogen and oxygen atoms in total. The van der Waals surface area contributed by atoms with Crippen LogP contribution in [0.4, 0.5) is 5.69 Å². The van der Waals surface area contributed by atoms with E-state index in [0.717, 1.165) is 6.42 Å². The van der Waals surface area contributed by atoms with E-state index in [1.165, 1.54) is 7.11 Å². The second kappa shape index (κ2) is 7.14. The molecule has 0 atom stereocenters. The van der Waals surface area contributed by atoms with E-state index in [4.69, 9.17) is 21.1 Å². The number of hydrogen-bond donors (Lipinski definition) is 1. The van der Waals surface area contributed by atoms with E-state index in [9.17, 15) is 4.79 Å². The Bertz CT molecular complexity index is 382. The van der Waals surface area contributed by atoms with Gasteiger partial charge in [-0.1, -0.05) is 18.5 Å². The zero-order valence-electron chi connectivity index (χ0n) is 9.96. The predicted octanol–water partition coefficient (Wildman–Crippen LogP) is 2.71. The molecule has 0 aliphatic carbocycles. The third kappa shape index (κ3) is 4.63. The Morgan fingerprint density at radius 3 is 2.88 bits per heavy atom. The normalized spacial score (nSPS) is 10.1. The Balaban J connectivity index is 2.79. The van der Waals surface area contributed by atoms with E-state index in [0.29, 0.717) is 23.1 Å². The number of benzene rings is 1. The molecule has 17 heavy (non-hydrogen) atoms.